The minimum Gasteiger partial charge on any atom is -0.398 e. The number of nitrogens with zero attached hydrogens (tertiary/aromatic N) is 2. The van der Waals surface area contributed by atoms with Crippen molar-refractivity contribution in [1.82, 2.24) is 4.98 Å². The molecule has 0 radical (unpaired) electrons. The Hall–Kier alpha value is -1.74. The first kappa shape index (κ1) is 10.3. The average molecular weight is 198 g/mol. The lowest BCUT2D eigenvalue weighted by Gasteiger charge is -2.08. The van der Waals surface area contributed by atoms with Crippen molar-refractivity contribution >= 4 is 5.69 Å². The van der Waals surface area contributed by atoms with E-state index in [-0.39, 0.29) is 23.5 Å². The van der Waals surface area contributed by atoms with Crippen LogP contribution in [0, 0.1) is 11.3 Å². The van der Waals surface area contributed by atoms with E-state index in [9.17, 15) is 8.78 Å². The average Bonchev–Trinajstić information content (AvgIpc) is 2.16. The second-order valence-electron chi connectivity index (χ2n) is 2.58. The standard InChI is InChI=1S/C8H8F2N4/c9-8(10)7-5(3-12)6(13)1-4(2-11)14-7/h1,8H,3,12H2,(H2,13,14). The molecule has 0 saturated heterocycles. The molecule has 0 aliphatic heterocycles. The molecule has 0 aliphatic rings. The summed E-state index contributed by atoms with van der Waals surface area (Å²) >= 11 is 0. The van der Waals surface area contributed by atoms with Crippen LogP contribution in [0.2, 0.25) is 0 Å². The summed E-state index contributed by atoms with van der Waals surface area (Å²) in [6, 6.07) is 2.88. The van der Waals surface area contributed by atoms with Crippen LogP contribution in [0.4, 0.5) is 14.5 Å². The fourth-order valence-corrected chi connectivity index (χ4v) is 1.07. The van der Waals surface area contributed by atoms with Gasteiger partial charge in [-0.25, -0.2) is 13.8 Å². The van der Waals surface area contributed by atoms with Crippen molar-refractivity contribution < 1.29 is 8.78 Å². The summed E-state index contributed by atoms with van der Waals surface area (Å²) in [6.07, 6.45) is -2.77. The molecule has 0 unspecified atom stereocenters. The molecule has 0 atom stereocenters. The van der Waals surface area contributed by atoms with Crippen LogP contribution in [0.15, 0.2) is 6.07 Å². The summed E-state index contributed by atoms with van der Waals surface area (Å²) in [5.74, 6) is 0. The molecule has 6 heteroatoms. The number of aromatic nitrogens is 1. The molecule has 4 nitrogen and oxygen atoms in total. The monoisotopic (exact) mass is 198 g/mol. The highest BCUT2D eigenvalue weighted by Gasteiger charge is 2.17. The lowest BCUT2D eigenvalue weighted by Crippen LogP contribution is -2.09. The normalized spacial score (nSPS) is 10.2. The van der Waals surface area contributed by atoms with Crippen LogP contribution in [0.25, 0.3) is 0 Å². The van der Waals surface area contributed by atoms with Crippen LogP contribution in [0.5, 0.6) is 0 Å². The fraction of sp³-hybridized carbons (Fsp3) is 0.250. The van der Waals surface area contributed by atoms with Crippen molar-refractivity contribution in [3.8, 4) is 6.07 Å². The van der Waals surface area contributed by atoms with Gasteiger partial charge in [-0.2, -0.15) is 5.26 Å². The number of halogens is 2. The number of nitriles is 1. The van der Waals surface area contributed by atoms with Crippen LogP contribution >= 0.6 is 0 Å². The first-order valence-electron chi connectivity index (χ1n) is 3.77. The fourth-order valence-electron chi connectivity index (χ4n) is 1.07. The lowest BCUT2D eigenvalue weighted by molar-refractivity contribution is 0.145. The lowest BCUT2D eigenvalue weighted by atomic mass is 10.1. The smallest absolute Gasteiger partial charge is 0.280 e. The van der Waals surface area contributed by atoms with Gasteiger partial charge in [0.1, 0.15) is 17.5 Å². The van der Waals surface area contributed by atoms with E-state index in [1.165, 1.54) is 6.07 Å². The Bertz CT molecular complexity index is 384. The molecule has 0 amide bonds. The molecule has 0 bridgehead atoms. The molecule has 1 aromatic rings. The van der Waals surface area contributed by atoms with E-state index in [0.717, 1.165) is 0 Å². The predicted octanol–water partition coefficient (Wildman–Crippen LogP) is 0.932. The first-order chi connectivity index (χ1) is 6.60. The number of anilines is 1. The summed E-state index contributed by atoms with van der Waals surface area (Å²) in [7, 11) is 0. The molecule has 1 heterocycles. The van der Waals surface area contributed by atoms with Crippen molar-refractivity contribution in [1.29, 1.82) is 5.26 Å². The number of hydrogen-bond donors (Lipinski definition) is 2. The van der Waals surface area contributed by atoms with Crippen LogP contribution in [0.1, 0.15) is 23.4 Å². The van der Waals surface area contributed by atoms with E-state index < -0.39 is 12.1 Å². The van der Waals surface area contributed by atoms with E-state index in [0.29, 0.717) is 0 Å². The van der Waals surface area contributed by atoms with Crippen LogP contribution in [-0.4, -0.2) is 4.98 Å². The summed E-state index contributed by atoms with van der Waals surface area (Å²) < 4.78 is 24.9. The van der Waals surface area contributed by atoms with Crippen LogP contribution in [0.3, 0.4) is 0 Å². The largest absolute Gasteiger partial charge is 0.398 e. The van der Waals surface area contributed by atoms with E-state index in [2.05, 4.69) is 4.98 Å². The van der Waals surface area contributed by atoms with Gasteiger partial charge in [0.2, 0.25) is 0 Å². The predicted molar refractivity (Wildman–Crippen MR) is 46.2 cm³/mol. The summed E-state index contributed by atoms with van der Waals surface area (Å²) in [5.41, 5.74) is 10.2. The number of alkyl halides is 2. The van der Waals surface area contributed by atoms with Crippen LogP contribution in [-0.2, 0) is 6.54 Å². The highest BCUT2D eigenvalue weighted by Crippen LogP contribution is 2.25. The Labute approximate surface area is 79.1 Å². The number of rotatable bonds is 2. The molecule has 0 aliphatic carbocycles. The van der Waals surface area contributed by atoms with Gasteiger partial charge in [-0.3, -0.25) is 0 Å². The number of nitrogens with two attached hydrogens (primary N) is 2. The van der Waals surface area contributed by atoms with E-state index in [4.69, 9.17) is 16.7 Å². The minimum atomic E-state index is -2.77. The Kier molecular flexibility index (Phi) is 2.94. The highest BCUT2D eigenvalue weighted by atomic mass is 19.3. The molecular formula is C8H8F2N4. The van der Waals surface area contributed by atoms with E-state index in [1.54, 1.807) is 6.07 Å². The molecule has 0 aromatic carbocycles. The van der Waals surface area contributed by atoms with Gasteiger partial charge < -0.3 is 11.5 Å². The minimum absolute atomic E-state index is 0.0781. The summed E-state index contributed by atoms with van der Waals surface area (Å²) in [6.45, 7) is -0.121. The van der Waals surface area contributed by atoms with Gasteiger partial charge in [0.25, 0.3) is 6.43 Å². The van der Waals surface area contributed by atoms with Crippen molar-refractivity contribution in [2.45, 2.75) is 13.0 Å². The maximum atomic E-state index is 12.4. The van der Waals surface area contributed by atoms with Gasteiger partial charge in [0, 0.05) is 17.8 Å². The number of nitrogen functional groups attached to an aromatic ring is 1. The van der Waals surface area contributed by atoms with Crippen LogP contribution < -0.4 is 11.5 Å². The molecule has 0 fully saturated rings. The highest BCUT2D eigenvalue weighted by molar-refractivity contribution is 5.52. The van der Waals surface area contributed by atoms with Gasteiger partial charge in [0.05, 0.1) is 0 Å². The molecule has 14 heavy (non-hydrogen) atoms. The second kappa shape index (κ2) is 3.98. The first-order valence-corrected chi connectivity index (χ1v) is 3.77. The molecule has 1 rings (SSSR count). The topological polar surface area (TPSA) is 88.7 Å². The Balaban J connectivity index is 3.37. The zero-order valence-corrected chi connectivity index (χ0v) is 7.17. The van der Waals surface area contributed by atoms with E-state index >= 15 is 0 Å². The van der Waals surface area contributed by atoms with Gasteiger partial charge >= 0.3 is 0 Å². The SMILES string of the molecule is N#Cc1cc(N)c(CN)c(C(F)F)n1. The molecular weight excluding hydrogens is 190 g/mol. The molecule has 74 valence electrons. The number of hydrogen-bond acceptors (Lipinski definition) is 4. The zero-order chi connectivity index (χ0) is 10.7. The summed E-state index contributed by atoms with van der Waals surface area (Å²) in [4.78, 5) is 3.45. The van der Waals surface area contributed by atoms with Crippen molar-refractivity contribution in [2.24, 2.45) is 5.73 Å². The third-order valence-electron chi connectivity index (χ3n) is 1.72. The second-order valence-corrected chi connectivity index (χ2v) is 2.58. The van der Waals surface area contributed by atoms with Gasteiger partial charge in [0.15, 0.2) is 0 Å². The third kappa shape index (κ3) is 1.78. The van der Waals surface area contributed by atoms with Crippen molar-refractivity contribution in [2.75, 3.05) is 5.73 Å². The van der Waals surface area contributed by atoms with E-state index in [1.807, 2.05) is 0 Å². The van der Waals surface area contributed by atoms with Gasteiger partial charge in [-0.15, -0.1) is 0 Å². The molecule has 0 saturated carbocycles. The quantitative estimate of drug-likeness (QED) is 0.739. The number of pyridine rings is 1. The Morgan fingerprint density at radius 2 is 2.21 bits per heavy atom. The maximum Gasteiger partial charge on any atom is 0.280 e. The van der Waals surface area contributed by atoms with Gasteiger partial charge in [-0.05, 0) is 6.07 Å². The maximum absolute atomic E-state index is 12.4. The Morgan fingerprint density at radius 1 is 1.57 bits per heavy atom. The Morgan fingerprint density at radius 3 is 2.64 bits per heavy atom. The zero-order valence-electron chi connectivity index (χ0n) is 7.17. The molecule has 4 N–H and O–H groups in total. The van der Waals surface area contributed by atoms with Gasteiger partial charge in [-0.1, -0.05) is 0 Å². The third-order valence-corrected chi connectivity index (χ3v) is 1.72. The molecule has 1 aromatic heterocycles. The van der Waals surface area contributed by atoms with Crippen molar-refractivity contribution in [3.05, 3.63) is 23.0 Å². The molecule has 0 spiro atoms. The van der Waals surface area contributed by atoms with Crippen molar-refractivity contribution in [3.63, 3.8) is 0 Å². The summed E-state index contributed by atoms with van der Waals surface area (Å²) in [5, 5.41) is 8.49.